The SMILES string of the molecule is C.CCN(CC)CCNC(=O)c1cnc2c(O)cccn2c1=O.O=C(Nc1nc2ccc(F)cc2s1)c1cnc2c(O)cccn2c1=O. The summed E-state index contributed by atoms with van der Waals surface area (Å²) in [6, 6.07) is 9.92. The number of halogens is 1. The molecular formula is C32H33FN8O6S. The molecule has 250 valence electrons. The topological polar surface area (TPSA) is 184 Å². The molecule has 0 saturated heterocycles. The van der Waals surface area contributed by atoms with E-state index in [0.717, 1.165) is 46.0 Å². The minimum absolute atomic E-state index is 0. The zero-order chi connectivity index (χ0) is 33.7. The summed E-state index contributed by atoms with van der Waals surface area (Å²) in [6.45, 7) is 7.11. The lowest BCUT2D eigenvalue weighted by molar-refractivity contribution is 0.0946. The van der Waals surface area contributed by atoms with Crippen molar-refractivity contribution < 1.29 is 24.2 Å². The third kappa shape index (κ3) is 7.45. The summed E-state index contributed by atoms with van der Waals surface area (Å²) in [6.07, 6.45) is 5.17. The molecule has 0 aliphatic carbocycles. The van der Waals surface area contributed by atoms with Crippen LogP contribution in [-0.2, 0) is 0 Å². The second-order valence-electron chi connectivity index (χ2n) is 10.00. The number of rotatable bonds is 8. The molecule has 48 heavy (non-hydrogen) atoms. The molecule has 0 aliphatic rings. The van der Waals surface area contributed by atoms with Gasteiger partial charge in [-0.1, -0.05) is 32.6 Å². The van der Waals surface area contributed by atoms with Crippen LogP contribution in [-0.4, -0.2) is 76.9 Å². The summed E-state index contributed by atoms with van der Waals surface area (Å²) in [5.74, 6) is -1.81. The lowest BCUT2D eigenvalue weighted by Gasteiger charge is -2.17. The molecule has 16 heteroatoms. The maximum Gasteiger partial charge on any atom is 0.270 e. The van der Waals surface area contributed by atoms with Gasteiger partial charge in [-0.25, -0.2) is 19.3 Å². The number of fused-ring (bicyclic) bond motifs is 3. The fourth-order valence-corrected chi connectivity index (χ4v) is 5.46. The molecule has 0 unspecified atom stereocenters. The maximum atomic E-state index is 13.2. The van der Waals surface area contributed by atoms with Crippen LogP contribution in [0.4, 0.5) is 9.52 Å². The van der Waals surface area contributed by atoms with Crippen molar-refractivity contribution in [3.63, 3.8) is 0 Å². The molecular weight excluding hydrogens is 643 g/mol. The normalized spacial score (nSPS) is 10.8. The van der Waals surface area contributed by atoms with E-state index in [9.17, 15) is 33.8 Å². The van der Waals surface area contributed by atoms with Crippen LogP contribution in [0.25, 0.3) is 21.5 Å². The number of pyridine rings is 2. The van der Waals surface area contributed by atoms with Crippen molar-refractivity contribution in [3.8, 4) is 11.5 Å². The second kappa shape index (κ2) is 15.2. The number of anilines is 1. The fourth-order valence-electron chi connectivity index (χ4n) is 4.57. The number of carbonyl (C=O) groups is 2. The molecule has 0 fully saturated rings. The first-order valence-corrected chi connectivity index (χ1v) is 15.2. The van der Waals surface area contributed by atoms with Gasteiger partial charge < -0.3 is 20.4 Å². The molecule has 0 radical (unpaired) electrons. The van der Waals surface area contributed by atoms with Gasteiger partial charge in [-0.2, -0.15) is 0 Å². The van der Waals surface area contributed by atoms with E-state index in [2.05, 4.69) is 44.3 Å². The number of carbonyl (C=O) groups excluding carboxylic acids is 2. The lowest BCUT2D eigenvalue weighted by atomic mass is 10.3. The van der Waals surface area contributed by atoms with Crippen molar-refractivity contribution in [3.05, 3.63) is 105 Å². The van der Waals surface area contributed by atoms with Crippen LogP contribution >= 0.6 is 11.3 Å². The quantitative estimate of drug-likeness (QED) is 0.186. The van der Waals surface area contributed by atoms with Crippen LogP contribution in [0.1, 0.15) is 42.0 Å². The standard InChI is InChI=1S/C16H9FN4O3S.C15H20N4O3.CH4/c17-8-3-4-10-12(6-8)25-16(19-10)20-14(23)9-7-18-13-11(22)2-1-5-21(13)15(9)24;1-3-18(4-2)9-7-16-14(21)11-10-17-13-12(20)6-5-8-19(13)15(11)22;/h1-7,22H,(H,19,20,23);5-6,8,10,20H,3-4,7,9H2,1-2H3,(H,16,21);1H4. The Morgan fingerprint density at radius 2 is 1.46 bits per heavy atom. The minimum atomic E-state index is -0.685. The van der Waals surface area contributed by atoms with E-state index >= 15 is 0 Å². The average molecular weight is 677 g/mol. The Morgan fingerprint density at radius 1 is 0.896 bits per heavy atom. The predicted octanol–water partition coefficient (Wildman–Crippen LogP) is 3.51. The third-order valence-corrected chi connectivity index (χ3v) is 8.03. The van der Waals surface area contributed by atoms with E-state index in [1.807, 2.05) is 0 Å². The minimum Gasteiger partial charge on any atom is -0.504 e. The highest BCUT2D eigenvalue weighted by Gasteiger charge is 2.17. The van der Waals surface area contributed by atoms with Gasteiger partial charge in [0.15, 0.2) is 27.9 Å². The maximum absolute atomic E-state index is 13.2. The summed E-state index contributed by atoms with van der Waals surface area (Å²) in [5.41, 5.74) is -0.630. The number of hydrogen-bond donors (Lipinski definition) is 4. The number of thiazole rings is 1. The van der Waals surface area contributed by atoms with Gasteiger partial charge in [-0.3, -0.25) is 33.3 Å². The number of aromatic nitrogens is 5. The number of likely N-dealkylation sites (N-methyl/N-ethyl adjacent to an activating group) is 1. The number of benzene rings is 1. The largest absolute Gasteiger partial charge is 0.504 e. The Labute approximate surface area is 276 Å². The molecule has 5 heterocycles. The molecule has 4 N–H and O–H groups in total. The summed E-state index contributed by atoms with van der Waals surface area (Å²) >= 11 is 1.09. The van der Waals surface area contributed by atoms with Gasteiger partial charge in [-0.15, -0.1) is 0 Å². The van der Waals surface area contributed by atoms with E-state index in [0.29, 0.717) is 16.8 Å². The Hall–Kier alpha value is -5.74. The van der Waals surface area contributed by atoms with E-state index in [4.69, 9.17) is 0 Å². The molecule has 0 saturated carbocycles. The number of hydrogen-bond acceptors (Lipinski definition) is 11. The van der Waals surface area contributed by atoms with E-state index < -0.39 is 28.8 Å². The summed E-state index contributed by atoms with van der Waals surface area (Å²) in [4.78, 5) is 63.4. The average Bonchev–Trinajstić information content (AvgIpc) is 3.45. The summed E-state index contributed by atoms with van der Waals surface area (Å²) in [5, 5.41) is 24.8. The Kier molecular flexibility index (Phi) is 11.1. The molecule has 2 amide bonds. The van der Waals surface area contributed by atoms with Crippen LogP contribution in [0.2, 0.25) is 0 Å². The lowest BCUT2D eigenvalue weighted by Crippen LogP contribution is -2.37. The first-order valence-electron chi connectivity index (χ1n) is 14.4. The van der Waals surface area contributed by atoms with Crippen molar-refractivity contribution in [2.24, 2.45) is 0 Å². The highest BCUT2D eigenvalue weighted by molar-refractivity contribution is 7.22. The van der Waals surface area contributed by atoms with E-state index in [1.54, 1.807) is 0 Å². The van der Waals surface area contributed by atoms with Crippen molar-refractivity contribution in [2.75, 3.05) is 31.5 Å². The summed E-state index contributed by atoms with van der Waals surface area (Å²) < 4.78 is 16.0. The highest BCUT2D eigenvalue weighted by Crippen LogP contribution is 2.26. The van der Waals surface area contributed by atoms with Crippen LogP contribution in [0.5, 0.6) is 11.5 Å². The molecule has 1 aromatic carbocycles. The third-order valence-electron chi connectivity index (χ3n) is 7.09. The van der Waals surface area contributed by atoms with Crippen molar-refractivity contribution in [1.29, 1.82) is 0 Å². The number of nitrogens with zero attached hydrogens (tertiary/aromatic N) is 6. The van der Waals surface area contributed by atoms with Gasteiger partial charge in [0.2, 0.25) is 0 Å². The number of aromatic hydroxyl groups is 2. The first kappa shape index (κ1) is 35.1. The van der Waals surface area contributed by atoms with Gasteiger partial charge in [0.25, 0.3) is 22.9 Å². The number of amides is 2. The zero-order valence-electron chi connectivity index (χ0n) is 25.2. The zero-order valence-corrected chi connectivity index (χ0v) is 26.0. The molecule has 0 bridgehead atoms. The van der Waals surface area contributed by atoms with Gasteiger partial charge in [-0.05, 0) is 55.6 Å². The Morgan fingerprint density at radius 3 is 2.02 bits per heavy atom. The van der Waals surface area contributed by atoms with Crippen LogP contribution in [0.3, 0.4) is 0 Å². The fraction of sp³-hybridized carbons (Fsp3) is 0.219. The van der Waals surface area contributed by atoms with Crippen molar-refractivity contribution in [2.45, 2.75) is 21.3 Å². The first-order chi connectivity index (χ1) is 22.6. The van der Waals surface area contributed by atoms with E-state index in [1.165, 1.54) is 61.1 Å². The van der Waals surface area contributed by atoms with Gasteiger partial charge in [0, 0.05) is 37.9 Å². The molecule has 14 nitrogen and oxygen atoms in total. The summed E-state index contributed by atoms with van der Waals surface area (Å²) in [7, 11) is 0. The van der Waals surface area contributed by atoms with E-state index in [-0.39, 0.29) is 46.5 Å². The highest BCUT2D eigenvalue weighted by atomic mass is 32.1. The second-order valence-corrected chi connectivity index (χ2v) is 11.0. The molecule has 0 spiro atoms. The van der Waals surface area contributed by atoms with Crippen LogP contribution in [0.15, 0.2) is 76.8 Å². The van der Waals surface area contributed by atoms with Gasteiger partial charge in [0.1, 0.15) is 16.9 Å². The monoisotopic (exact) mass is 676 g/mol. The Balaban J connectivity index is 0.000000214. The smallest absolute Gasteiger partial charge is 0.270 e. The van der Waals surface area contributed by atoms with Crippen molar-refractivity contribution >= 4 is 49.8 Å². The van der Waals surface area contributed by atoms with Gasteiger partial charge in [0.05, 0.1) is 10.2 Å². The molecule has 0 atom stereocenters. The van der Waals surface area contributed by atoms with Crippen molar-refractivity contribution in [1.82, 2.24) is 34.0 Å². The van der Waals surface area contributed by atoms with Crippen LogP contribution < -0.4 is 21.8 Å². The van der Waals surface area contributed by atoms with Gasteiger partial charge >= 0.3 is 0 Å². The number of nitrogens with one attached hydrogen (secondary N) is 2. The molecule has 6 rings (SSSR count). The molecule has 6 aromatic rings. The Bertz CT molecular complexity index is 2230. The molecule has 5 aromatic heterocycles. The van der Waals surface area contributed by atoms with Crippen LogP contribution in [0, 0.1) is 5.82 Å². The predicted molar refractivity (Wildman–Crippen MR) is 181 cm³/mol. The molecule has 0 aliphatic heterocycles.